The van der Waals surface area contributed by atoms with Crippen LogP contribution in [0.25, 0.3) is 22.7 Å². The van der Waals surface area contributed by atoms with Crippen molar-refractivity contribution in [2.24, 2.45) is 0 Å². The van der Waals surface area contributed by atoms with E-state index in [2.05, 4.69) is 30.2 Å². The smallest absolute Gasteiger partial charge is 0.229 e. The minimum absolute atomic E-state index is 0.377. The normalized spacial score (nSPS) is 13.6. The maximum absolute atomic E-state index is 6.06. The van der Waals surface area contributed by atoms with Crippen LogP contribution in [0.1, 0.15) is 18.9 Å². The highest BCUT2D eigenvalue weighted by atomic mass is 35.5. The highest BCUT2D eigenvalue weighted by molar-refractivity contribution is 6.30. The van der Waals surface area contributed by atoms with E-state index in [1.807, 2.05) is 30.3 Å². The number of hydrogen-bond donors (Lipinski definition) is 2. The highest BCUT2D eigenvalue weighted by Crippen LogP contribution is 2.40. The molecule has 1 aliphatic rings. The van der Waals surface area contributed by atoms with Crippen molar-refractivity contribution < 1.29 is 0 Å². The quantitative estimate of drug-likeness (QED) is 0.529. The van der Waals surface area contributed by atoms with Crippen molar-refractivity contribution >= 4 is 40.3 Å². The zero-order chi connectivity index (χ0) is 19.1. The van der Waals surface area contributed by atoms with Crippen LogP contribution in [0, 0.1) is 0 Å². The number of halogens is 1. The van der Waals surface area contributed by atoms with E-state index in [1.165, 1.54) is 0 Å². The lowest BCUT2D eigenvalue weighted by Gasteiger charge is -2.08. The Bertz CT molecular complexity index is 1170. The van der Waals surface area contributed by atoms with Crippen molar-refractivity contribution in [2.45, 2.75) is 18.9 Å². The Kier molecular flexibility index (Phi) is 4.05. The molecule has 1 aromatic carbocycles. The van der Waals surface area contributed by atoms with Gasteiger partial charge in [-0.05, 0) is 37.1 Å². The third kappa shape index (κ3) is 3.11. The van der Waals surface area contributed by atoms with Crippen molar-refractivity contribution in [2.75, 3.05) is 17.7 Å². The van der Waals surface area contributed by atoms with Gasteiger partial charge in [0.25, 0.3) is 0 Å². The molecule has 0 radical (unpaired) electrons. The van der Waals surface area contributed by atoms with Gasteiger partial charge in [-0.15, -0.1) is 0 Å². The molecule has 0 aliphatic heterocycles. The van der Waals surface area contributed by atoms with Gasteiger partial charge in [0.05, 0.1) is 6.20 Å². The Morgan fingerprint density at radius 1 is 1.07 bits per heavy atom. The summed E-state index contributed by atoms with van der Waals surface area (Å²) in [4.78, 5) is 22.6. The largest absolute Gasteiger partial charge is 0.357 e. The van der Waals surface area contributed by atoms with Gasteiger partial charge in [0.15, 0.2) is 11.5 Å². The van der Waals surface area contributed by atoms with Crippen LogP contribution in [-0.2, 0) is 0 Å². The van der Waals surface area contributed by atoms with Crippen LogP contribution in [0.15, 0.2) is 42.7 Å². The lowest BCUT2D eigenvalue weighted by Crippen LogP contribution is -2.03. The zero-order valence-corrected chi connectivity index (χ0v) is 15.9. The number of benzene rings is 1. The van der Waals surface area contributed by atoms with Crippen LogP contribution in [-0.4, -0.2) is 36.5 Å². The van der Waals surface area contributed by atoms with Crippen LogP contribution in [0.3, 0.4) is 0 Å². The number of hydrogen-bond acceptors (Lipinski definition) is 7. The van der Waals surface area contributed by atoms with E-state index < -0.39 is 0 Å². The molecule has 3 aromatic heterocycles. The second-order valence-corrected chi connectivity index (χ2v) is 7.03. The van der Waals surface area contributed by atoms with Crippen molar-refractivity contribution in [1.82, 2.24) is 29.5 Å². The summed E-state index contributed by atoms with van der Waals surface area (Å²) < 4.78 is 2.15. The maximum atomic E-state index is 6.06. The molecule has 0 amide bonds. The molecule has 0 bridgehead atoms. The first-order valence-corrected chi connectivity index (χ1v) is 9.38. The molecule has 9 heteroatoms. The Labute approximate surface area is 166 Å². The second kappa shape index (κ2) is 6.72. The van der Waals surface area contributed by atoms with Crippen molar-refractivity contribution in [3.05, 3.63) is 47.7 Å². The monoisotopic (exact) mass is 392 g/mol. The minimum Gasteiger partial charge on any atom is -0.357 e. The van der Waals surface area contributed by atoms with Gasteiger partial charge < -0.3 is 15.2 Å². The minimum atomic E-state index is 0.377. The number of nitrogens with one attached hydrogen (secondary N) is 2. The topological polar surface area (TPSA) is 93.4 Å². The van der Waals surface area contributed by atoms with Crippen LogP contribution in [0.2, 0.25) is 5.02 Å². The SMILES string of the molecule is CNc1nccc(-c2nc3cnc(Nc4cccc(Cl)c4)nc3n2C2CC2)n1. The van der Waals surface area contributed by atoms with E-state index in [1.54, 1.807) is 19.4 Å². The molecule has 140 valence electrons. The molecule has 0 unspecified atom stereocenters. The number of anilines is 3. The second-order valence-electron chi connectivity index (χ2n) is 6.59. The summed E-state index contributed by atoms with van der Waals surface area (Å²) in [6.45, 7) is 0. The summed E-state index contributed by atoms with van der Waals surface area (Å²) in [6.07, 6.45) is 5.66. The molecule has 3 heterocycles. The standard InChI is InChI=1S/C19H17ClN8/c1-21-18-22-8-7-14(26-18)16-25-15-10-23-19(24-12-4-2-3-11(20)9-12)27-17(15)28(16)13-5-6-13/h2-4,7-10,13H,5-6H2,1H3,(H,21,22,26)(H,23,24,27). The summed E-state index contributed by atoms with van der Waals surface area (Å²) in [5.74, 6) is 1.84. The van der Waals surface area contributed by atoms with Crippen LogP contribution >= 0.6 is 11.6 Å². The van der Waals surface area contributed by atoms with Gasteiger partial charge in [-0.1, -0.05) is 17.7 Å². The third-order valence-corrected chi connectivity index (χ3v) is 4.77. The summed E-state index contributed by atoms with van der Waals surface area (Å²) in [5.41, 5.74) is 3.12. The van der Waals surface area contributed by atoms with Crippen molar-refractivity contribution in [3.8, 4) is 11.5 Å². The summed E-state index contributed by atoms with van der Waals surface area (Å²) in [7, 11) is 1.79. The van der Waals surface area contributed by atoms with Crippen LogP contribution in [0.4, 0.5) is 17.6 Å². The molecule has 1 saturated carbocycles. The maximum Gasteiger partial charge on any atom is 0.229 e. The van der Waals surface area contributed by atoms with E-state index in [-0.39, 0.29) is 0 Å². The van der Waals surface area contributed by atoms with Gasteiger partial charge in [-0.2, -0.15) is 4.98 Å². The molecular weight excluding hydrogens is 376 g/mol. The molecule has 1 aliphatic carbocycles. The molecule has 1 fully saturated rings. The summed E-state index contributed by atoms with van der Waals surface area (Å²) in [5, 5.41) is 6.83. The van der Waals surface area contributed by atoms with Crippen LogP contribution < -0.4 is 10.6 Å². The number of aromatic nitrogens is 6. The summed E-state index contributed by atoms with van der Waals surface area (Å²) >= 11 is 6.06. The number of nitrogens with zero attached hydrogens (tertiary/aromatic N) is 6. The Balaban J connectivity index is 1.60. The Morgan fingerprint density at radius 2 is 1.96 bits per heavy atom. The predicted octanol–water partition coefficient (Wildman–Crippen LogP) is 4.06. The molecule has 4 aromatic rings. The van der Waals surface area contributed by atoms with Gasteiger partial charge in [0.1, 0.15) is 11.2 Å². The fourth-order valence-electron chi connectivity index (χ4n) is 3.11. The Morgan fingerprint density at radius 3 is 2.75 bits per heavy atom. The number of rotatable bonds is 5. The average molecular weight is 393 g/mol. The fraction of sp³-hybridized carbons (Fsp3) is 0.211. The average Bonchev–Trinajstić information content (AvgIpc) is 3.48. The first-order chi connectivity index (χ1) is 13.7. The number of fused-ring (bicyclic) bond motifs is 1. The number of imidazole rings is 1. The predicted molar refractivity (Wildman–Crippen MR) is 109 cm³/mol. The summed E-state index contributed by atoms with van der Waals surface area (Å²) in [6, 6.07) is 9.69. The highest BCUT2D eigenvalue weighted by Gasteiger charge is 2.30. The van der Waals surface area contributed by atoms with Crippen LogP contribution in [0.5, 0.6) is 0 Å². The fourth-order valence-corrected chi connectivity index (χ4v) is 3.30. The van der Waals surface area contributed by atoms with Gasteiger partial charge in [-0.25, -0.2) is 19.9 Å². The van der Waals surface area contributed by atoms with E-state index in [0.29, 0.717) is 23.0 Å². The van der Waals surface area contributed by atoms with Gasteiger partial charge in [-0.3, -0.25) is 0 Å². The molecule has 8 nitrogen and oxygen atoms in total. The lowest BCUT2D eigenvalue weighted by atomic mass is 10.3. The lowest BCUT2D eigenvalue weighted by molar-refractivity contribution is 0.763. The first kappa shape index (κ1) is 16.9. The molecular formula is C19H17ClN8. The van der Waals surface area contributed by atoms with E-state index >= 15 is 0 Å². The first-order valence-electron chi connectivity index (χ1n) is 9.00. The zero-order valence-electron chi connectivity index (χ0n) is 15.1. The van der Waals surface area contributed by atoms with E-state index in [9.17, 15) is 0 Å². The van der Waals surface area contributed by atoms with E-state index in [0.717, 1.165) is 41.2 Å². The molecule has 5 rings (SSSR count). The van der Waals surface area contributed by atoms with Gasteiger partial charge in [0.2, 0.25) is 11.9 Å². The third-order valence-electron chi connectivity index (χ3n) is 4.53. The van der Waals surface area contributed by atoms with Crippen molar-refractivity contribution in [3.63, 3.8) is 0 Å². The molecule has 28 heavy (non-hydrogen) atoms. The van der Waals surface area contributed by atoms with E-state index in [4.69, 9.17) is 21.6 Å². The van der Waals surface area contributed by atoms with Crippen molar-refractivity contribution in [1.29, 1.82) is 0 Å². The molecule has 0 saturated heterocycles. The Hall–Kier alpha value is -3.26. The van der Waals surface area contributed by atoms with Gasteiger partial charge in [0, 0.05) is 30.0 Å². The van der Waals surface area contributed by atoms with Gasteiger partial charge >= 0.3 is 0 Å². The molecule has 0 atom stereocenters. The molecule has 2 N–H and O–H groups in total. The molecule has 0 spiro atoms.